The van der Waals surface area contributed by atoms with Crippen LogP contribution in [0.4, 0.5) is 11.4 Å². The highest BCUT2D eigenvalue weighted by Crippen LogP contribution is 2.33. The van der Waals surface area contributed by atoms with Crippen LogP contribution < -0.4 is 9.64 Å². The first-order valence-electron chi connectivity index (χ1n) is 6.27. The standard InChI is InChI=1S/C13H19N3O2/c1-3-15-6-8-16(9-7-15)13-10-11(18-2)4-5-12(13)14-17/h4-5,10H,3,6-9H2,1-2H3. The molecule has 1 aromatic carbocycles. The third-order valence-electron chi connectivity index (χ3n) is 3.44. The van der Waals surface area contributed by atoms with Crippen LogP contribution in [0.25, 0.3) is 0 Å². The third kappa shape index (κ3) is 2.61. The largest absolute Gasteiger partial charge is 0.497 e. The summed E-state index contributed by atoms with van der Waals surface area (Å²) < 4.78 is 5.21. The van der Waals surface area contributed by atoms with Gasteiger partial charge in [-0.15, -0.1) is 4.91 Å². The molecule has 0 saturated carbocycles. The van der Waals surface area contributed by atoms with E-state index >= 15 is 0 Å². The van der Waals surface area contributed by atoms with E-state index in [1.54, 1.807) is 19.2 Å². The summed E-state index contributed by atoms with van der Waals surface area (Å²) >= 11 is 0. The van der Waals surface area contributed by atoms with Crippen LogP contribution in [0.3, 0.4) is 0 Å². The first-order valence-corrected chi connectivity index (χ1v) is 6.27. The van der Waals surface area contributed by atoms with Crippen LogP contribution in [-0.2, 0) is 0 Å². The van der Waals surface area contributed by atoms with Gasteiger partial charge in [-0.05, 0) is 23.9 Å². The van der Waals surface area contributed by atoms with Gasteiger partial charge in [0.1, 0.15) is 11.4 Å². The second-order valence-electron chi connectivity index (χ2n) is 4.37. The lowest BCUT2D eigenvalue weighted by Crippen LogP contribution is -2.46. The number of rotatable bonds is 4. The van der Waals surface area contributed by atoms with E-state index in [0.717, 1.165) is 44.2 Å². The Morgan fingerprint density at radius 1 is 1.28 bits per heavy atom. The van der Waals surface area contributed by atoms with Crippen LogP contribution in [0, 0.1) is 4.91 Å². The van der Waals surface area contributed by atoms with Gasteiger partial charge in [-0.3, -0.25) is 0 Å². The average molecular weight is 249 g/mol. The molecule has 0 spiro atoms. The predicted octanol–water partition coefficient (Wildman–Crippen LogP) is 2.24. The Balaban J connectivity index is 2.19. The van der Waals surface area contributed by atoms with Gasteiger partial charge in [-0.25, -0.2) is 0 Å². The zero-order chi connectivity index (χ0) is 13.0. The molecule has 0 aliphatic carbocycles. The normalized spacial score (nSPS) is 16.7. The molecule has 1 fully saturated rings. The smallest absolute Gasteiger partial charge is 0.131 e. The maximum atomic E-state index is 10.9. The lowest BCUT2D eigenvalue weighted by Gasteiger charge is -2.35. The number of benzene rings is 1. The van der Waals surface area contributed by atoms with Crippen LogP contribution in [0.2, 0.25) is 0 Å². The number of nitrogens with zero attached hydrogens (tertiary/aromatic N) is 3. The van der Waals surface area contributed by atoms with Crippen molar-refractivity contribution in [2.24, 2.45) is 5.18 Å². The predicted molar refractivity (Wildman–Crippen MR) is 72.8 cm³/mol. The quantitative estimate of drug-likeness (QED) is 0.768. The molecule has 1 heterocycles. The Labute approximate surface area is 107 Å². The number of likely N-dealkylation sites (N-methyl/N-ethyl adjacent to an activating group) is 1. The van der Waals surface area contributed by atoms with Gasteiger partial charge >= 0.3 is 0 Å². The molecule has 1 aliphatic rings. The van der Waals surface area contributed by atoms with E-state index in [4.69, 9.17) is 4.74 Å². The van der Waals surface area contributed by atoms with Crippen molar-refractivity contribution in [3.05, 3.63) is 23.1 Å². The van der Waals surface area contributed by atoms with Crippen LogP contribution in [0.15, 0.2) is 23.4 Å². The SMILES string of the molecule is CCN1CCN(c2cc(OC)ccc2N=O)CC1. The molecule has 0 N–H and O–H groups in total. The number of hydrogen-bond donors (Lipinski definition) is 0. The Hall–Kier alpha value is -1.62. The summed E-state index contributed by atoms with van der Waals surface area (Å²) in [7, 11) is 1.63. The van der Waals surface area contributed by atoms with Crippen molar-refractivity contribution in [1.82, 2.24) is 4.90 Å². The van der Waals surface area contributed by atoms with Crippen molar-refractivity contribution in [1.29, 1.82) is 0 Å². The zero-order valence-corrected chi connectivity index (χ0v) is 10.9. The molecule has 2 rings (SSSR count). The molecule has 0 unspecified atom stereocenters. The molecular weight excluding hydrogens is 230 g/mol. The highest BCUT2D eigenvalue weighted by molar-refractivity contribution is 5.69. The summed E-state index contributed by atoms with van der Waals surface area (Å²) in [5.41, 5.74) is 1.36. The number of methoxy groups -OCH3 is 1. The number of piperazine rings is 1. The van der Waals surface area contributed by atoms with Crippen LogP contribution in [0.1, 0.15) is 6.92 Å². The summed E-state index contributed by atoms with van der Waals surface area (Å²) in [6.07, 6.45) is 0. The minimum absolute atomic E-state index is 0.487. The Morgan fingerprint density at radius 2 is 2.00 bits per heavy atom. The van der Waals surface area contributed by atoms with Gasteiger partial charge in [-0.2, -0.15) is 0 Å². The lowest BCUT2D eigenvalue weighted by molar-refractivity contribution is 0.271. The molecule has 1 aromatic rings. The molecule has 98 valence electrons. The van der Waals surface area contributed by atoms with Gasteiger partial charge in [-0.1, -0.05) is 6.92 Å². The van der Waals surface area contributed by atoms with Crippen LogP contribution in [-0.4, -0.2) is 44.7 Å². The number of nitroso groups, excluding NO2 is 1. The van der Waals surface area contributed by atoms with Gasteiger partial charge in [0.15, 0.2) is 0 Å². The van der Waals surface area contributed by atoms with Crippen LogP contribution in [0.5, 0.6) is 5.75 Å². The zero-order valence-electron chi connectivity index (χ0n) is 10.9. The fraction of sp³-hybridized carbons (Fsp3) is 0.538. The first kappa shape index (κ1) is 12.8. The van der Waals surface area contributed by atoms with E-state index in [-0.39, 0.29) is 0 Å². The molecule has 0 atom stereocenters. The summed E-state index contributed by atoms with van der Waals surface area (Å²) in [5, 5.41) is 3.10. The van der Waals surface area contributed by atoms with Gasteiger partial charge in [0.2, 0.25) is 0 Å². The molecule has 1 saturated heterocycles. The maximum absolute atomic E-state index is 10.9. The Morgan fingerprint density at radius 3 is 2.56 bits per heavy atom. The number of hydrogen-bond acceptors (Lipinski definition) is 5. The summed E-state index contributed by atoms with van der Waals surface area (Å²) in [5.74, 6) is 0.760. The molecule has 1 aliphatic heterocycles. The number of anilines is 1. The second-order valence-corrected chi connectivity index (χ2v) is 4.37. The van der Waals surface area contributed by atoms with Gasteiger partial charge in [0, 0.05) is 32.2 Å². The van der Waals surface area contributed by atoms with Crippen LogP contribution >= 0.6 is 0 Å². The molecule has 18 heavy (non-hydrogen) atoms. The van der Waals surface area contributed by atoms with Crippen molar-refractivity contribution < 1.29 is 4.74 Å². The summed E-state index contributed by atoms with van der Waals surface area (Å²) in [6.45, 7) is 7.12. The van der Waals surface area contributed by atoms with E-state index in [9.17, 15) is 4.91 Å². The Kier molecular flexibility index (Phi) is 4.15. The topological polar surface area (TPSA) is 45.1 Å². The summed E-state index contributed by atoms with van der Waals surface area (Å²) in [6, 6.07) is 5.37. The minimum Gasteiger partial charge on any atom is -0.497 e. The first-order chi connectivity index (χ1) is 8.78. The minimum atomic E-state index is 0.487. The van der Waals surface area contributed by atoms with Crippen molar-refractivity contribution in [3.8, 4) is 5.75 Å². The second kappa shape index (κ2) is 5.82. The van der Waals surface area contributed by atoms with E-state index < -0.39 is 0 Å². The van der Waals surface area contributed by atoms with Crippen molar-refractivity contribution in [2.45, 2.75) is 6.92 Å². The van der Waals surface area contributed by atoms with Gasteiger partial charge in [0.25, 0.3) is 0 Å². The fourth-order valence-electron chi connectivity index (χ4n) is 2.27. The highest BCUT2D eigenvalue weighted by atomic mass is 16.5. The average Bonchev–Trinajstić information content (AvgIpc) is 2.46. The highest BCUT2D eigenvalue weighted by Gasteiger charge is 2.19. The Bertz CT molecular complexity index is 415. The maximum Gasteiger partial charge on any atom is 0.131 e. The van der Waals surface area contributed by atoms with E-state index in [0.29, 0.717) is 5.69 Å². The van der Waals surface area contributed by atoms with E-state index in [1.807, 2.05) is 6.07 Å². The van der Waals surface area contributed by atoms with E-state index in [2.05, 4.69) is 21.9 Å². The molecular formula is C13H19N3O2. The van der Waals surface area contributed by atoms with Crippen molar-refractivity contribution in [3.63, 3.8) is 0 Å². The molecule has 0 bridgehead atoms. The molecule has 0 radical (unpaired) electrons. The molecule has 0 amide bonds. The molecule has 5 nitrogen and oxygen atoms in total. The van der Waals surface area contributed by atoms with Gasteiger partial charge < -0.3 is 14.5 Å². The van der Waals surface area contributed by atoms with Crippen molar-refractivity contribution >= 4 is 11.4 Å². The van der Waals surface area contributed by atoms with Gasteiger partial charge in [0.05, 0.1) is 12.8 Å². The van der Waals surface area contributed by atoms with Crippen molar-refractivity contribution in [2.75, 3.05) is 44.7 Å². The lowest BCUT2D eigenvalue weighted by atomic mass is 10.2. The third-order valence-corrected chi connectivity index (χ3v) is 3.44. The fourth-order valence-corrected chi connectivity index (χ4v) is 2.27. The molecule has 0 aromatic heterocycles. The molecule has 5 heteroatoms. The number of ether oxygens (including phenoxy) is 1. The monoisotopic (exact) mass is 249 g/mol. The van der Waals surface area contributed by atoms with E-state index in [1.165, 1.54) is 0 Å². The summed E-state index contributed by atoms with van der Waals surface area (Å²) in [4.78, 5) is 15.5.